The summed E-state index contributed by atoms with van der Waals surface area (Å²) < 4.78 is 0. The van der Waals surface area contributed by atoms with Crippen LogP contribution in [0.3, 0.4) is 0 Å². The molecule has 0 saturated carbocycles. The van der Waals surface area contributed by atoms with Crippen LogP contribution in [-0.2, 0) is 11.2 Å². The Morgan fingerprint density at radius 2 is 1.94 bits per heavy atom. The molecular weight excluding hydrogens is 200 g/mol. The van der Waals surface area contributed by atoms with Crippen LogP contribution in [-0.4, -0.2) is 11.1 Å². The van der Waals surface area contributed by atoms with Gasteiger partial charge in [0.15, 0.2) is 0 Å². The highest BCUT2D eigenvalue weighted by molar-refractivity contribution is 5.75. The highest BCUT2D eigenvalue weighted by Gasteiger charge is 2.03. The fourth-order valence-corrected chi connectivity index (χ4v) is 1.82. The van der Waals surface area contributed by atoms with Gasteiger partial charge >= 0.3 is 5.97 Å². The van der Waals surface area contributed by atoms with Crippen LogP contribution in [0.2, 0.25) is 0 Å². The van der Waals surface area contributed by atoms with E-state index in [1.165, 1.54) is 5.57 Å². The zero-order valence-electron chi connectivity index (χ0n) is 9.02. The molecular formula is C14H14O2. The molecule has 1 aliphatic rings. The van der Waals surface area contributed by atoms with Crippen molar-refractivity contribution in [2.45, 2.75) is 19.3 Å². The number of rotatable bonds is 3. The highest BCUT2D eigenvalue weighted by atomic mass is 16.4. The Balaban J connectivity index is 2.15. The van der Waals surface area contributed by atoms with Gasteiger partial charge in [-0.1, -0.05) is 42.5 Å². The number of hydrogen-bond donors (Lipinski definition) is 1. The van der Waals surface area contributed by atoms with E-state index in [9.17, 15) is 4.79 Å². The van der Waals surface area contributed by atoms with Crippen LogP contribution in [0.4, 0.5) is 0 Å². The van der Waals surface area contributed by atoms with E-state index in [1.54, 1.807) is 0 Å². The third kappa shape index (κ3) is 2.60. The summed E-state index contributed by atoms with van der Waals surface area (Å²) >= 11 is 0. The van der Waals surface area contributed by atoms with Crippen molar-refractivity contribution in [3.05, 3.63) is 53.6 Å². The second kappa shape index (κ2) is 4.79. The van der Waals surface area contributed by atoms with Crippen molar-refractivity contribution < 1.29 is 9.90 Å². The second-order valence-electron chi connectivity index (χ2n) is 3.91. The molecule has 16 heavy (non-hydrogen) atoms. The van der Waals surface area contributed by atoms with Crippen LogP contribution in [0, 0.1) is 0 Å². The smallest absolute Gasteiger partial charge is 0.307 e. The predicted octanol–water partition coefficient (Wildman–Crippen LogP) is 3.05. The Hall–Kier alpha value is -1.83. The zero-order chi connectivity index (χ0) is 11.4. The minimum absolute atomic E-state index is 0.0924. The van der Waals surface area contributed by atoms with Gasteiger partial charge in [-0.3, -0.25) is 4.79 Å². The number of carboxylic acid groups (broad SMARTS) is 1. The Bertz CT molecular complexity index is 438. The summed E-state index contributed by atoms with van der Waals surface area (Å²) in [5.41, 5.74) is 3.23. The number of allylic oxidation sites excluding steroid dienone is 4. The molecule has 0 aliphatic heterocycles. The molecule has 0 bridgehead atoms. The maximum Gasteiger partial charge on any atom is 0.307 e. The lowest BCUT2D eigenvalue weighted by molar-refractivity contribution is -0.136. The monoisotopic (exact) mass is 214 g/mol. The standard InChI is InChI=1S/C14H14O2/c15-14(16)10-11-6-8-13(9-7-11)12-4-2-1-3-5-12/h2,4-9H,1,3,10H2,(H,15,16). The Labute approximate surface area is 94.9 Å². The van der Waals surface area contributed by atoms with Crippen molar-refractivity contribution in [3.8, 4) is 0 Å². The van der Waals surface area contributed by atoms with E-state index in [1.807, 2.05) is 24.3 Å². The molecule has 0 radical (unpaired) electrons. The van der Waals surface area contributed by atoms with E-state index >= 15 is 0 Å². The molecule has 1 aromatic carbocycles. The van der Waals surface area contributed by atoms with Crippen LogP contribution < -0.4 is 0 Å². The molecule has 0 unspecified atom stereocenters. The van der Waals surface area contributed by atoms with Gasteiger partial charge in [0.25, 0.3) is 0 Å². The molecule has 0 saturated heterocycles. The molecule has 1 aliphatic carbocycles. The molecule has 0 atom stereocenters. The topological polar surface area (TPSA) is 37.3 Å². The minimum atomic E-state index is -0.787. The predicted molar refractivity (Wildman–Crippen MR) is 64.1 cm³/mol. The summed E-state index contributed by atoms with van der Waals surface area (Å²) in [7, 11) is 0. The molecule has 2 nitrogen and oxygen atoms in total. The molecule has 2 heteroatoms. The lowest BCUT2D eigenvalue weighted by Gasteiger charge is -2.07. The largest absolute Gasteiger partial charge is 0.481 e. The first-order chi connectivity index (χ1) is 7.75. The van der Waals surface area contributed by atoms with Crippen LogP contribution >= 0.6 is 0 Å². The summed E-state index contributed by atoms with van der Waals surface area (Å²) in [6.07, 6.45) is 8.79. The molecule has 2 rings (SSSR count). The van der Waals surface area contributed by atoms with Crippen LogP contribution in [0.15, 0.2) is 42.5 Å². The van der Waals surface area contributed by atoms with Gasteiger partial charge < -0.3 is 5.11 Å². The third-order valence-electron chi connectivity index (χ3n) is 2.64. The maximum absolute atomic E-state index is 10.5. The number of hydrogen-bond acceptors (Lipinski definition) is 1. The average molecular weight is 214 g/mol. The maximum atomic E-state index is 10.5. The first-order valence-corrected chi connectivity index (χ1v) is 5.43. The van der Waals surface area contributed by atoms with Crippen molar-refractivity contribution in [3.63, 3.8) is 0 Å². The second-order valence-corrected chi connectivity index (χ2v) is 3.91. The van der Waals surface area contributed by atoms with Crippen LogP contribution in [0.5, 0.6) is 0 Å². The summed E-state index contributed by atoms with van der Waals surface area (Å²) in [6.45, 7) is 0. The molecule has 0 amide bonds. The molecule has 82 valence electrons. The quantitative estimate of drug-likeness (QED) is 0.839. The Morgan fingerprint density at radius 1 is 1.19 bits per heavy atom. The molecule has 0 spiro atoms. The molecule has 0 heterocycles. The molecule has 1 aromatic rings. The first-order valence-electron chi connectivity index (χ1n) is 5.43. The fraction of sp³-hybridized carbons (Fsp3) is 0.214. The fourth-order valence-electron chi connectivity index (χ4n) is 1.82. The number of benzene rings is 1. The SMILES string of the molecule is O=C(O)Cc1ccc(C2=CCCC=C2)cc1. The summed E-state index contributed by atoms with van der Waals surface area (Å²) in [4.78, 5) is 10.5. The first kappa shape index (κ1) is 10.7. The van der Waals surface area contributed by atoms with Crippen molar-refractivity contribution in [2.24, 2.45) is 0 Å². The third-order valence-corrected chi connectivity index (χ3v) is 2.64. The van der Waals surface area contributed by atoms with E-state index in [0.717, 1.165) is 24.0 Å². The summed E-state index contributed by atoms with van der Waals surface area (Å²) in [5.74, 6) is -0.787. The van der Waals surface area contributed by atoms with E-state index < -0.39 is 5.97 Å². The van der Waals surface area contributed by atoms with Crippen LogP contribution in [0.1, 0.15) is 24.0 Å². The highest BCUT2D eigenvalue weighted by Crippen LogP contribution is 2.21. The van der Waals surface area contributed by atoms with E-state index in [0.29, 0.717) is 0 Å². The number of carbonyl (C=O) groups is 1. The number of aliphatic carboxylic acids is 1. The normalized spacial score (nSPS) is 14.6. The van der Waals surface area contributed by atoms with Crippen molar-refractivity contribution in [1.29, 1.82) is 0 Å². The Morgan fingerprint density at radius 3 is 2.50 bits per heavy atom. The summed E-state index contributed by atoms with van der Waals surface area (Å²) in [5, 5.41) is 8.66. The van der Waals surface area contributed by atoms with Gasteiger partial charge in [-0.2, -0.15) is 0 Å². The lowest BCUT2D eigenvalue weighted by Crippen LogP contribution is -1.99. The van der Waals surface area contributed by atoms with Gasteiger partial charge in [0.05, 0.1) is 6.42 Å². The van der Waals surface area contributed by atoms with E-state index in [2.05, 4.69) is 18.2 Å². The van der Waals surface area contributed by atoms with Crippen molar-refractivity contribution in [2.75, 3.05) is 0 Å². The molecule has 0 fully saturated rings. The van der Waals surface area contributed by atoms with Crippen molar-refractivity contribution >= 4 is 11.5 Å². The van der Waals surface area contributed by atoms with Crippen molar-refractivity contribution in [1.82, 2.24) is 0 Å². The minimum Gasteiger partial charge on any atom is -0.481 e. The van der Waals surface area contributed by atoms with Gasteiger partial charge in [-0.15, -0.1) is 0 Å². The number of carboxylic acids is 1. The lowest BCUT2D eigenvalue weighted by atomic mass is 9.98. The van der Waals surface area contributed by atoms with Gasteiger partial charge in [-0.25, -0.2) is 0 Å². The summed E-state index contributed by atoms with van der Waals surface area (Å²) in [6, 6.07) is 7.74. The van der Waals surface area contributed by atoms with Gasteiger partial charge in [0.2, 0.25) is 0 Å². The van der Waals surface area contributed by atoms with Gasteiger partial charge in [-0.05, 0) is 29.5 Å². The zero-order valence-corrected chi connectivity index (χ0v) is 9.02. The average Bonchev–Trinajstić information content (AvgIpc) is 2.30. The van der Waals surface area contributed by atoms with Gasteiger partial charge in [0.1, 0.15) is 0 Å². The van der Waals surface area contributed by atoms with Crippen LogP contribution in [0.25, 0.3) is 5.57 Å². The van der Waals surface area contributed by atoms with E-state index in [-0.39, 0.29) is 6.42 Å². The van der Waals surface area contributed by atoms with Gasteiger partial charge in [0, 0.05) is 0 Å². The molecule has 1 N–H and O–H groups in total. The Kier molecular flexibility index (Phi) is 3.20. The molecule has 0 aromatic heterocycles. The van der Waals surface area contributed by atoms with E-state index in [4.69, 9.17) is 5.11 Å².